The van der Waals surface area contributed by atoms with E-state index in [0.29, 0.717) is 11.3 Å². The topological polar surface area (TPSA) is 81.2 Å². The van der Waals surface area contributed by atoms with Crippen molar-refractivity contribution in [2.75, 3.05) is 0 Å². The van der Waals surface area contributed by atoms with Gasteiger partial charge in [0.1, 0.15) is 5.69 Å². The Hall–Kier alpha value is -2.73. The molecule has 3 rings (SSSR count). The first-order valence-electron chi connectivity index (χ1n) is 6.47. The molecule has 0 saturated heterocycles. The summed E-state index contributed by atoms with van der Waals surface area (Å²) in [5, 5.41) is 26.0. The van der Waals surface area contributed by atoms with E-state index in [-0.39, 0.29) is 5.69 Å². The zero-order valence-corrected chi connectivity index (χ0v) is 11.3. The SMILES string of the molecule is CC(O)c1ccc(-n2ncc3ccccc32)c([N+](=O)[O-])c1. The van der Waals surface area contributed by atoms with Crippen LogP contribution in [0.15, 0.2) is 48.7 Å². The van der Waals surface area contributed by atoms with Gasteiger partial charge in [0, 0.05) is 11.5 Å². The van der Waals surface area contributed by atoms with Gasteiger partial charge in [-0.15, -0.1) is 0 Å². The molecule has 0 amide bonds. The standard InChI is InChI=1S/C15H13N3O3/c1-10(19)11-6-7-14(15(8-11)18(20)21)17-13-5-3-2-4-12(13)9-16-17/h2-10,19H,1H3. The summed E-state index contributed by atoms with van der Waals surface area (Å²) in [6.07, 6.45) is 0.911. The monoisotopic (exact) mass is 283 g/mol. The Labute approximate surface area is 120 Å². The second-order valence-electron chi connectivity index (χ2n) is 4.80. The number of aliphatic hydroxyl groups excluding tert-OH is 1. The minimum absolute atomic E-state index is 0.0812. The van der Waals surface area contributed by atoms with Crippen molar-refractivity contribution in [3.05, 3.63) is 64.3 Å². The fraction of sp³-hybridized carbons (Fsp3) is 0.133. The quantitative estimate of drug-likeness (QED) is 0.591. The number of rotatable bonds is 3. The number of hydrogen-bond donors (Lipinski definition) is 1. The highest BCUT2D eigenvalue weighted by Crippen LogP contribution is 2.29. The van der Waals surface area contributed by atoms with Crippen molar-refractivity contribution in [3.8, 4) is 5.69 Å². The fourth-order valence-corrected chi connectivity index (χ4v) is 2.29. The van der Waals surface area contributed by atoms with Gasteiger partial charge in [-0.3, -0.25) is 10.1 Å². The predicted octanol–water partition coefficient (Wildman–Crippen LogP) is 2.99. The molecule has 106 valence electrons. The van der Waals surface area contributed by atoms with Gasteiger partial charge in [0.15, 0.2) is 0 Å². The molecular formula is C15H13N3O3. The first-order chi connectivity index (χ1) is 10.1. The molecule has 0 aliphatic heterocycles. The van der Waals surface area contributed by atoms with Crippen molar-refractivity contribution in [3.63, 3.8) is 0 Å². The third-order valence-electron chi connectivity index (χ3n) is 3.38. The van der Waals surface area contributed by atoms with Crippen molar-refractivity contribution in [2.24, 2.45) is 0 Å². The largest absolute Gasteiger partial charge is 0.389 e. The summed E-state index contributed by atoms with van der Waals surface area (Å²) in [6.45, 7) is 1.57. The van der Waals surface area contributed by atoms with Crippen LogP contribution < -0.4 is 0 Å². The Kier molecular flexibility index (Phi) is 3.15. The highest BCUT2D eigenvalue weighted by Gasteiger charge is 2.19. The molecule has 21 heavy (non-hydrogen) atoms. The molecule has 3 aromatic rings. The van der Waals surface area contributed by atoms with Crippen LogP contribution in [0.1, 0.15) is 18.6 Å². The number of aromatic nitrogens is 2. The zero-order chi connectivity index (χ0) is 15.0. The van der Waals surface area contributed by atoms with Crippen molar-refractivity contribution in [2.45, 2.75) is 13.0 Å². The number of aliphatic hydroxyl groups is 1. The van der Waals surface area contributed by atoms with E-state index in [1.54, 1.807) is 29.9 Å². The van der Waals surface area contributed by atoms with Crippen LogP contribution in [-0.4, -0.2) is 19.8 Å². The van der Waals surface area contributed by atoms with Crippen LogP contribution >= 0.6 is 0 Å². The van der Waals surface area contributed by atoms with Crippen LogP contribution in [0.2, 0.25) is 0 Å². The van der Waals surface area contributed by atoms with Gasteiger partial charge >= 0.3 is 0 Å². The summed E-state index contributed by atoms with van der Waals surface area (Å²) in [6, 6.07) is 12.2. The number of para-hydroxylation sites is 1. The average molecular weight is 283 g/mol. The molecule has 1 atom stereocenters. The lowest BCUT2D eigenvalue weighted by Crippen LogP contribution is -2.03. The molecule has 0 radical (unpaired) electrons. The molecule has 1 N–H and O–H groups in total. The molecule has 6 nitrogen and oxygen atoms in total. The van der Waals surface area contributed by atoms with Crippen molar-refractivity contribution >= 4 is 16.6 Å². The summed E-state index contributed by atoms with van der Waals surface area (Å²) < 4.78 is 1.54. The smallest absolute Gasteiger partial charge is 0.295 e. The summed E-state index contributed by atoms with van der Waals surface area (Å²) in [4.78, 5) is 10.9. The molecule has 0 saturated carbocycles. The summed E-state index contributed by atoms with van der Waals surface area (Å²) in [7, 11) is 0. The van der Waals surface area contributed by atoms with E-state index in [2.05, 4.69) is 5.10 Å². The van der Waals surface area contributed by atoms with Crippen LogP contribution in [0.4, 0.5) is 5.69 Å². The van der Waals surface area contributed by atoms with Gasteiger partial charge in [0.05, 0.1) is 22.7 Å². The van der Waals surface area contributed by atoms with Gasteiger partial charge in [-0.1, -0.05) is 24.3 Å². The van der Waals surface area contributed by atoms with Crippen molar-refractivity contribution < 1.29 is 10.0 Å². The van der Waals surface area contributed by atoms with Gasteiger partial charge in [-0.05, 0) is 24.6 Å². The van der Waals surface area contributed by atoms with E-state index < -0.39 is 11.0 Å². The van der Waals surface area contributed by atoms with Crippen LogP contribution in [0, 0.1) is 10.1 Å². The van der Waals surface area contributed by atoms with E-state index in [4.69, 9.17) is 0 Å². The maximum Gasteiger partial charge on any atom is 0.295 e. The van der Waals surface area contributed by atoms with Crippen LogP contribution in [0.3, 0.4) is 0 Å². The van der Waals surface area contributed by atoms with E-state index in [0.717, 1.165) is 10.9 Å². The van der Waals surface area contributed by atoms with E-state index in [9.17, 15) is 15.2 Å². The lowest BCUT2D eigenvalue weighted by atomic mass is 10.1. The lowest BCUT2D eigenvalue weighted by Gasteiger charge is -2.08. The average Bonchev–Trinajstić information content (AvgIpc) is 2.90. The lowest BCUT2D eigenvalue weighted by molar-refractivity contribution is -0.384. The molecular weight excluding hydrogens is 270 g/mol. The third kappa shape index (κ3) is 2.25. The minimum Gasteiger partial charge on any atom is -0.389 e. The maximum atomic E-state index is 11.3. The molecule has 1 aromatic heterocycles. The Bertz CT molecular complexity index is 824. The highest BCUT2D eigenvalue weighted by atomic mass is 16.6. The first-order valence-corrected chi connectivity index (χ1v) is 6.47. The van der Waals surface area contributed by atoms with Crippen LogP contribution in [0.25, 0.3) is 16.6 Å². The maximum absolute atomic E-state index is 11.3. The first kappa shape index (κ1) is 13.3. The number of fused-ring (bicyclic) bond motifs is 1. The van der Waals surface area contributed by atoms with Gasteiger partial charge in [-0.2, -0.15) is 5.10 Å². The normalized spacial score (nSPS) is 12.5. The molecule has 6 heteroatoms. The number of hydrogen-bond acceptors (Lipinski definition) is 4. The second-order valence-corrected chi connectivity index (χ2v) is 4.80. The molecule has 1 heterocycles. The van der Waals surface area contributed by atoms with E-state index >= 15 is 0 Å². The van der Waals surface area contributed by atoms with Gasteiger partial charge in [0.2, 0.25) is 0 Å². The summed E-state index contributed by atoms with van der Waals surface area (Å²) in [5.41, 5.74) is 1.60. The Morgan fingerprint density at radius 3 is 2.76 bits per heavy atom. The van der Waals surface area contributed by atoms with E-state index in [1.807, 2.05) is 24.3 Å². The van der Waals surface area contributed by atoms with Gasteiger partial charge < -0.3 is 5.11 Å². The van der Waals surface area contributed by atoms with Crippen LogP contribution in [0.5, 0.6) is 0 Å². The van der Waals surface area contributed by atoms with Crippen molar-refractivity contribution in [1.29, 1.82) is 0 Å². The van der Waals surface area contributed by atoms with E-state index in [1.165, 1.54) is 6.07 Å². The Morgan fingerprint density at radius 2 is 2.05 bits per heavy atom. The molecule has 1 unspecified atom stereocenters. The molecule has 0 aliphatic rings. The number of nitro benzene ring substituents is 1. The van der Waals surface area contributed by atoms with Crippen molar-refractivity contribution in [1.82, 2.24) is 9.78 Å². The number of benzene rings is 2. The third-order valence-corrected chi connectivity index (χ3v) is 3.38. The molecule has 0 bridgehead atoms. The summed E-state index contributed by atoms with van der Waals surface area (Å²) >= 11 is 0. The zero-order valence-electron chi connectivity index (χ0n) is 11.3. The Balaban J connectivity index is 2.24. The molecule has 0 aliphatic carbocycles. The molecule has 2 aromatic carbocycles. The minimum atomic E-state index is -0.757. The van der Waals surface area contributed by atoms with Gasteiger partial charge in [-0.25, -0.2) is 4.68 Å². The Morgan fingerprint density at radius 1 is 1.29 bits per heavy atom. The highest BCUT2D eigenvalue weighted by molar-refractivity contribution is 5.81. The van der Waals surface area contributed by atoms with Gasteiger partial charge in [0.25, 0.3) is 5.69 Å². The van der Waals surface area contributed by atoms with Crippen LogP contribution in [-0.2, 0) is 0 Å². The number of nitrogens with zero attached hydrogens (tertiary/aromatic N) is 3. The molecule has 0 fully saturated rings. The fourth-order valence-electron chi connectivity index (χ4n) is 2.29. The molecule has 0 spiro atoms. The second kappa shape index (κ2) is 4.99. The predicted molar refractivity (Wildman–Crippen MR) is 78.4 cm³/mol. The number of nitro groups is 1. The summed E-state index contributed by atoms with van der Waals surface area (Å²) in [5.74, 6) is 0.